The number of aromatic nitrogens is 3. The Labute approximate surface area is 210 Å². The molecule has 0 aliphatic rings. The number of carbonyl (C=O) groups is 1. The Hall–Kier alpha value is -4.19. The molecule has 5 aromatic rings. The van der Waals surface area contributed by atoms with Crippen LogP contribution in [0.1, 0.15) is 30.5 Å². The van der Waals surface area contributed by atoms with E-state index in [4.69, 9.17) is 19.6 Å². The Morgan fingerprint density at radius 3 is 2.53 bits per heavy atom. The van der Waals surface area contributed by atoms with Gasteiger partial charge in [-0.15, -0.1) is 0 Å². The molecule has 36 heavy (non-hydrogen) atoms. The van der Waals surface area contributed by atoms with Crippen LogP contribution < -0.4 is 9.47 Å². The zero-order valence-corrected chi connectivity index (χ0v) is 21.0. The zero-order chi connectivity index (χ0) is 25.2. The van der Waals surface area contributed by atoms with Crippen molar-refractivity contribution in [2.24, 2.45) is 7.05 Å². The van der Waals surface area contributed by atoms with Gasteiger partial charge in [0, 0.05) is 35.9 Å². The molecular formula is C30H29N3O3. The van der Waals surface area contributed by atoms with E-state index in [0.717, 1.165) is 56.2 Å². The van der Waals surface area contributed by atoms with Crippen molar-refractivity contribution in [3.05, 3.63) is 83.6 Å². The third-order valence-corrected chi connectivity index (χ3v) is 6.51. The predicted molar refractivity (Wildman–Crippen MR) is 143 cm³/mol. The van der Waals surface area contributed by atoms with Crippen molar-refractivity contribution in [3.8, 4) is 22.8 Å². The number of nitrogens with zero attached hydrogens (tertiary/aromatic N) is 3. The van der Waals surface area contributed by atoms with E-state index in [1.54, 1.807) is 14.0 Å². The van der Waals surface area contributed by atoms with Gasteiger partial charge in [-0.1, -0.05) is 49.4 Å². The van der Waals surface area contributed by atoms with E-state index in [1.807, 2.05) is 60.4 Å². The van der Waals surface area contributed by atoms with E-state index in [-0.39, 0.29) is 5.78 Å². The van der Waals surface area contributed by atoms with Crippen molar-refractivity contribution in [2.45, 2.75) is 33.3 Å². The SMILES string of the molecule is CCc1cc(-c2nn(C)c3cnc4cc(OC)c(OCc5ccccc5)cc4c23)ccc1CC(C)=O. The van der Waals surface area contributed by atoms with Gasteiger partial charge >= 0.3 is 0 Å². The molecule has 6 nitrogen and oxygen atoms in total. The van der Waals surface area contributed by atoms with Crippen molar-refractivity contribution >= 4 is 27.6 Å². The van der Waals surface area contributed by atoms with Crippen molar-refractivity contribution in [2.75, 3.05) is 7.11 Å². The van der Waals surface area contributed by atoms with Crippen LogP contribution in [0.2, 0.25) is 0 Å². The number of hydrogen-bond donors (Lipinski definition) is 0. The highest BCUT2D eigenvalue weighted by Crippen LogP contribution is 2.39. The van der Waals surface area contributed by atoms with Gasteiger partial charge in [-0.3, -0.25) is 14.5 Å². The van der Waals surface area contributed by atoms with Crippen LogP contribution in [0.4, 0.5) is 0 Å². The molecule has 182 valence electrons. The average molecular weight is 480 g/mol. The Bertz CT molecular complexity index is 1570. The van der Waals surface area contributed by atoms with Gasteiger partial charge in [0.2, 0.25) is 0 Å². The molecule has 0 saturated carbocycles. The van der Waals surface area contributed by atoms with Crippen LogP contribution in [0.25, 0.3) is 33.1 Å². The molecule has 0 radical (unpaired) electrons. The number of fused-ring (bicyclic) bond motifs is 3. The first-order valence-corrected chi connectivity index (χ1v) is 12.1. The molecule has 0 unspecified atom stereocenters. The molecule has 0 N–H and O–H groups in total. The summed E-state index contributed by atoms with van der Waals surface area (Å²) in [6.45, 7) is 4.18. The number of pyridine rings is 1. The van der Waals surface area contributed by atoms with Crippen LogP contribution in [0.3, 0.4) is 0 Å². The van der Waals surface area contributed by atoms with Crippen LogP contribution in [0.15, 0.2) is 66.9 Å². The molecular weight excluding hydrogens is 450 g/mol. The number of hydrogen-bond acceptors (Lipinski definition) is 5. The van der Waals surface area contributed by atoms with Crippen LogP contribution >= 0.6 is 0 Å². The maximum atomic E-state index is 11.7. The predicted octanol–water partition coefficient (Wildman–Crippen LogP) is 6.07. The second kappa shape index (κ2) is 9.82. The van der Waals surface area contributed by atoms with Gasteiger partial charge in [-0.25, -0.2) is 0 Å². The first-order valence-electron chi connectivity index (χ1n) is 12.1. The van der Waals surface area contributed by atoms with E-state index >= 15 is 0 Å². The van der Waals surface area contributed by atoms with Crippen molar-refractivity contribution in [3.63, 3.8) is 0 Å². The van der Waals surface area contributed by atoms with Crippen molar-refractivity contribution in [1.82, 2.24) is 14.8 Å². The van der Waals surface area contributed by atoms with Gasteiger partial charge in [0.15, 0.2) is 11.5 Å². The molecule has 2 aromatic heterocycles. The Morgan fingerprint density at radius 2 is 1.81 bits per heavy atom. The molecule has 0 aliphatic carbocycles. The summed E-state index contributed by atoms with van der Waals surface area (Å²) in [5.41, 5.74) is 6.95. The first kappa shape index (κ1) is 23.5. The summed E-state index contributed by atoms with van der Waals surface area (Å²) in [6.07, 6.45) is 3.14. The summed E-state index contributed by atoms with van der Waals surface area (Å²) in [5, 5.41) is 6.84. The number of Topliss-reactive ketones (excluding diaryl/α,β-unsaturated/α-hetero) is 1. The molecule has 3 aromatic carbocycles. The Balaban J connectivity index is 1.66. The number of ketones is 1. The average Bonchev–Trinajstić information content (AvgIpc) is 3.24. The lowest BCUT2D eigenvalue weighted by molar-refractivity contribution is -0.116. The highest BCUT2D eigenvalue weighted by atomic mass is 16.5. The fraction of sp³-hybridized carbons (Fsp3) is 0.233. The van der Waals surface area contributed by atoms with Crippen molar-refractivity contribution in [1.29, 1.82) is 0 Å². The molecule has 5 rings (SSSR count). The minimum Gasteiger partial charge on any atom is -0.493 e. The van der Waals surface area contributed by atoms with E-state index in [0.29, 0.717) is 24.5 Å². The van der Waals surface area contributed by atoms with E-state index in [9.17, 15) is 4.79 Å². The van der Waals surface area contributed by atoms with E-state index < -0.39 is 0 Å². The molecule has 0 atom stereocenters. The quantitative estimate of drug-likeness (QED) is 0.270. The second-order valence-electron chi connectivity index (χ2n) is 9.00. The Kier molecular flexibility index (Phi) is 6.42. The smallest absolute Gasteiger partial charge is 0.162 e. The molecule has 0 fully saturated rings. The summed E-state index contributed by atoms with van der Waals surface area (Å²) >= 11 is 0. The fourth-order valence-corrected chi connectivity index (χ4v) is 4.69. The van der Waals surface area contributed by atoms with Crippen LogP contribution in [-0.4, -0.2) is 27.7 Å². The van der Waals surface area contributed by atoms with Gasteiger partial charge in [0.05, 0.1) is 24.3 Å². The lowest BCUT2D eigenvalue weighted by atomic mass is 9.95. The monoisotopic (exact) mass is 479 g/mol. The van der Waals surface area contributed by atoms with Gasteiger partial charge in [0.25, 0.3) is 0 Å². The highest BCUT2D eigenvalue weighted by Gasteiger charge is 2.18. The van der Waals surface area contributed by atoms with Gasteiger partial charge in [0.1, 0.15) is 18.1 Å². The maximum Gasteiger partial charge on any atom is 0.162 e. The molecule has 6 heteroatoms. The molecule has 2 heterocycles. The van der Waals surface area contributed by atoms with Gasteiger partial charge in [-0.2, -0.15) is 5.10 Å². The molecule has 0 spiro atoms. The van der Waals surface area contributed by atoms with Crippen LogP contribution in [0.5, 0.6) is 11.5 Å². The fourth-order valence-electron chi connectivity index (χ4n) is 4.69. The standard InChI is InChI=1S/C30H29N3O3/c1-5-21-14-23(12-11-22(21)13-19(2)34)30-29-24-15-28(36-18-20-9-7-6-8-10-20)27(35-4)16-25(24)31-17-26(29)33(3)32-30/h6-12,14-17H,5,13,18H2,1-4H3. The normalized spacial score (nSPS) is 11.2. The number of carbonyl (C=O) groups excluding carboxylic acids is 1. The lowest BCUT2D eigenvalue weighted by Gasteiger charge is -2.13. The summed E-state index contributed by atoms with van der Waals surface area (Å²) in [5.74, 6) is 1.45. The van der Waals surface area contributed by atoms with Gasteiger partial charge in [-0.05, 0) is 42.2 Å². The third kappa shape index (κ3) is 4.42. The van der Waals surface area contributed by atoms with Crippen molar-refractivity contribution < 1.29 is 14.3 Å². The summed E-state index contributed by atoms with van der Waals surface area (Å²) in [4.78, 5) is 16.4. The summed E-state index contributed by atoms with van der Waals surface area (Å²) in [6, 6.07) is 20.2. The number of methoxy groups -OCH3 is 1. The largest absolute Gasteiger partial charge is 0.493 e. The number of ether oxygens (including phenoxy) is 2. The first-order chi connectivity index (χ1) is 17.5. The Morgan fingerprint density at radius 1 is 1.00 bits per heavy atom. The lowest BCUT2D eigenvalue weighted by Crippen LogP contribution is -2.01. The number of rotatable bonds is 8. The summed E-state index contributed by atoms with van der Waals surface area (Å²) < 4.78 is 13.7. The molecule has 0 aliphatic heterocycles. The third-order valence-electron chi connectivity index (χ3n) is 6.51. The minimum absolute atomic E-state index is 0.162. The second-order valence-corrected chi connectivity index (χ2v) is 9.00. The number of aryl methyl sites for hydroxylation is 2. The molecule has 0 saturated heterocycles. The van der Waals surface area contributed by atoms with Crippen LogP contribution in [0, 0.1) is 0 Å². The highest BCUT2D eigenvalue weighted by molar-refractivity contribution is 6.12. The van der Waals surface area contributed by atoms with E-state index in [2.05, 4.69) is 25.1 Å². The number of benzene rings is 3. The molecule has 0 amide bonds. The van der Waals surface area contributed by atoms with E-state index in [1.165, 1.54) is 0 Å². The van der Waals surface area contributed by atoms with Gasteiger partial charge < -0.3 is 9.47 Å². The molecule has 0 bridgehead atoms. The topological polar surface area (TPSA) is 66.2 Å². The minimum atomic E-state index is 0.162. The zero-order valence-electron chi connectivity index (χ0n) is 21.0. The summed E-state index contributed by atoms with van der Waals surface area (Å²) in [7, 11) is 3.57. The van der Waals surface area contributed by atoms with Crippen LogP contribution in [-0.2, 0) is 31.3 Å². The maximum absolute atomic E-state index is 11.7.